The predicted octanol–water partition coefficient (Wildman–Crippen LogP) is 1.18. The molecule has 0 aliphatic rings. The molecule has 0 fully saturated rings. The summed E-state index contributed by atoms with van der Waals surface area (Å²) in [5, 5.41) is 11.9. The van der Waals surface area contributed by atoms with Crippen LogP contribution in [0.5, 0.6) is 0 Å². The summed E-state index contributed by atoms with van der Waals surface area (Å²) in [5.74, 6) is -0.0232. The topological polar surface area (TPSA) is 78.6 Å². The van der Waals surface area contributed by atoms with Crippen LogP contribution in [-0.4, -0.2) is 42.2 Å². The molecule has 112 valence electrons. The number of para-hydroxylation sites is 1. The summed E-state index contributed by atoms with van der Waals surface area (Å²) >= 11 is 0. The molecule has 0 radical (unpaired) electrons. The van der Waals surface area contributed by atoms with Gasteiger partial charge in [-0.05, 0) is 24.6 Å². The molecule has 1 aromatic carbocycles. The standard InChI is InChI=1S/C15H25N3O2/c1-2-8-18(10-11-19)9-7-15(20)17-14-6-4-3-5-13(14)12-16/h3-6,19H,2,7-12,16H2,1H3,(H,17,20). The summed E-state index contributed by atoms with van der Waals surface area (Å²) in [6, 6.07) is 7.55. The molecular formula is C15H25N3O2. The first-order valence-corrected chi connectivity index (χ1v) is 7.12. The van der Waals surface area contributed by atoms with E-state index in [1.54, 1.807) is 0 Å². The summed E-state index contributed by atoms with van der Waals surface area (Å²) in [5.41, 5.74) is 7.35. The van der Waals surface area contributed by atoms with Crippen LogP contribution in [0.2, 0.25) is 0 Å². The Labute approximate surface area is 120 Å². The van der Waals surface area contributed by atoms with Gasteiger partial charge < -0.3 is 21.1 Å². The first kappa shape index (κ1) is 16.6. The maximum absolute atomic E-state index is 12.0. The molecule has 1 amide bonds. The van der Waals surface area contributed by atoms with Crippen molar-refractivity contribution in [1.29, 1.82) is 0 Å². The molecule has 1 aromatic rings. The van der Waals surface area contributed by atoms with E-state index in [9.17, 15) is 4.79 Å². The highest BCUT2D eigenvalue weighted by molar-refractivity contribution is 5.91. The molecule has 0 bridgehead atoms. The number of nitrogens with one attached hydrogen (secondary N) is 1. The SMILES string of the molecule is CCCN(CCO)CCC(=O)Nc1ccccc1CN. The van der Waals surface area contributed by atoms with E-state index >= 15 is 0 Å². The summed E-state index contributed by atoms with van der Waals surface area (Å²) < 4.78 is 0. The van der Waals surface area contributed by atoms with Crippen molar-refractivity contribution < 1.29 is 9.90 Å². The Hall–Kier alpha value is -1.43. The Morgan fingerprint density at radius 1 is 1.30 bits per heavy atom. The zero-order valence-corrected chi connectivity index (χ0v) is 12.1. The lowest BCUT2D eigenvalue weighted by atomic mass is 10.1. The quantitative estimate of drug-likeness (QED) is 0.634. The van der Waals surface area contributed by atoms with Gasteiger partial charge in [0.05, 0.1) is 6.61 Å². The number of carbonyl (C=O) groups is 1. The first-order valence-electron chi connectivity index (χ1n) is 7.12. The van der Waals surface area contributed by atoms with E-state index < -0.39 is 0 Å². The number of aliphatic hydroxyl groups excluding tert-OH is 1. The number of anilines is 1. The van der Waals surface area contributed by atoms with Crippen LogP contribution < -0.4 is 11.1 Å². The minimum atomic E-state index is -0.0232. The molecule has 20 heavy (non-hydrogen) atoms. The molecule has 0 aliphatic carbocycles. The monoisotopic (exact) mass is 279 g/mol. The Morgan fingerprint density at radius 3 is 2.70 bits per heavy atom. The van der Waals surface area contributed by atoms with Gasteiger partial charge in [0.1, 0.15) is 0 Å². The van der Waals surface area contributed by atoms with Crippen molar-refractivity contribution in [2.45, 2.75) is 26.3 Å². The molecule has 4 N–H and O–H groups in total. The van der Waals surface area contributed by atoms with Crippen molar-refractivity contribution in [3.8, 4) is 0 Å². The fourth-order valence-corrected chi connectivity index (χ4v) is 2.09. The highest BCUT2D eigenvalue weighted by atomic mass is 16.3. The number of amides is 1. The Kier molecular flexibility index (Phi) is 7.87. The van der Waals surface area contributed by atoms with Crippen molar-refractivity contribution >= 4 is 11.6 Å². The average Bonchev–Trinajstić information content (AvgIpc) is 2.46. The number of hydrogen-bond donors (Lipinski definition) is 3. The van der Waals surface area contributed by atoms with Crippen LogP contribution in [0.4, 0.5) is 5.69 Å². The van der Waals surface area contributed by atoms with Gasteiger partial charge in [0.2, 0.25) is 5.91 Å². The molecule has 0 saturated carbocycles. The lowest BCUT2D eigenvalue weighted by molar-refractivity contribution is -0.116. The number of nitrogens with zero attached hydrogens (tertiary/aromatic N) is 1. The fourth-order valence-electron chi connectivity index (χ4n) is 2.09. The number of aliphatic hydroxyl groups is 1. The number of nitrogens with two attached hydrogens (primary N) is 1. The van der Waals surface area contributed by atoms with Gasteiger partial charge in [-0.1, -0.05) is 25.1 Å². The van der Waals surface area contributed by atoms with Gasteiger partial charge in [-0.2, -0.15) is 0 Å². The molecule has 1 rings (SSSR count). The van der Waals surface area contributed by atoms with Crippen LogP contribution in [0, 0.1) is 0 Å². The Morgan fingerprint density at radius 2 is 2.05 bits per heavy atom. The van der Waals surface area contributed by atoms with Crippen LogP contribution in [0.25, 0.3) is 0 Å². The normalized spacial score (nSPS) is 10.8. The van der Waals surface area contributed by atoms with Crippen molar-refractivity contribution in [1.82, 2.24) is 4.90 Å². The third kappa shape index (κ3) is 5.69. The van der Waals surface area contributed by atoms with Gasteiger partial charge in [0.25, 0.3) is 0 Å². The second-order valence-corrected chi connectivity index (χ2v) is 4.72. The van der Waals surface area contributed by atoms with Gasteiger partial charge in [-0.3, -0.25) is 4.79 Å². The van der Waals surface area contributed by atoms with Crippen molar-refractivity contribution in [2.24, 2.45) is 5.73 Å². The molecule has 0 unspecified atom stereocenters. The van der Waals surface area contributed by atoms with Gasteiger partial charge in [-0.15, -0.1) is 0 Å². The van der Waals surface area contributed by atoms with E-state index in [1.165, 1.54) is 0 Å². The van der Waals surface area contributed by atoms with E-state index in [-0.39, 0.29) is 12.5 Å². The van der Waals surface area contributed by atoms with Crippen LogP contribution >= 0.6 is 0 Å². The van der Waals surface area contributed by atoms with Crippen LogP contribution in [0.1, 0.15) is 25.3 Å². The third-order valence-electron chi connectivity index (χ3n) is 3.12. The van der Waals surface area contributed by atoms with Gasteiger partial charge in [0.15, 0.2) is 0 Å². The van der Waals surface area contributed by atoms with Crippen LogP contribution in [0.3, 0.4) is 0 Å². The zero-order chi connectivity index (χ0) is 14.8. The number of benzene rings is 1. The van der Waals surface area contributed by atoms with Crippen molar-refractivity contribution in [3.05, 3.63) is 29.8 Å². The summed E-state index contributed by atoms with van der Waals surface area (Å²) in [7, 11) is 0. The molecular weight excluding hydrogens is 254 g/mol. The highest BCUT2D eigenvalue weighted by Gasteiger charge is 2.09. The molecule has 5 heteroatoms. The third-order valence-corrected chi connectivity index (χ3v) is 3.12. The summed E-state index contributed by atoms with van der Waals surface area (Å²) in [6.07, 6.45) is 1.43. The van der Waals surface area contributed by atoms with Gasteiger partial charge >= 0.3 is 0 Å². The number of rotatable bonds is 9. The molecule has 0 saturated heterocycles. The zero-order valence-electron chi connectivity index (χ0n) is 12.1. The lowest BCUT2D eigenvalue weighted by Crippen LogP contribution is -2.31. The second-order valence-electron chi connectivity index (χ2n) is 4.72. The van der Waals surface area contributed by atoms with Gasteiger partial charge in [-0.25, -0.2) is 0 Å². The van der Waals surface area contributed by atoms with E-state index in [4.69, 9.17) is 10.8 Å². The van der Waals surface area contributed by atoms with Crippen LogP contribution in [-0.2, 0) is 11.3 Å². The highest BCUT2D eigenvalue weighted by Crippen LogP contribution is 2.14. The summed E-state index contributed by atoms with van der Waals surface area (Å²) in [4.78, 5) is 14.0. The van der Waals surface area contributed by atoms with Crippen LogP contribution in [0.15, 0.2) is 24.3 Å². The first-order chi connectivity index (χ1) is 9.71. The summed E-state index contributed by atoms with van der Waals surface area (Å²) in [6.45, 7) is 4.78. The maximum atomic E-state index is 12.0. The lowest BCUT2D eigenvalue weighted by Gasteiger charge is -2.20. The van der Waals surface area contributed by atoms with Gasteiger partial charge in [0, 0.05) is 31.7 Å². The van der Waals surface area contributed by atoms with Crippen molar-refractivity contribution in [2.75, 3.05) is 31.6 Å². The Bertz CT molecular complexity index is 404. The van der Waals surface area contributed by atoms with E-state index in [2.05, 4.69) is 17.1 Å². The van der Waals surface area contributed by atoms with E-state index in [0.29, 0.717) is 26.1 Å². The van der Waals surface area contributed by atoms with E-state index in [1.807, 2.05) is 24.3 Å². The molecule has 5 nitrogen and oxygen atoms in total. The molecule has 0 aromatic heterocycles. The Balaban J connectivity index is 2.46. The molecule has 0 aliphatic heterocycles. The molecule has 0 spiro atoms. The maximum Gasteiger partial charge on any atom is 0.225 e. The minimum absolute atomic E-state index is 0.0232. The fraction of sp³-hybridized carbons (Fsp3) is 0.533. The van der Waals surface area contributed by atoms with E-state index in [0.717, 1.165) is 24.2 Å². The molecule has 0 heterocycles. The molecule has 0 atom stereocenters. The smallest absolute Gasteiger partial charge is 0.225 e. The second kappa shape index (κ2) is 9.47. The number of hydrogen-bond acceptors (Lipinski definition) is 4. The minimum Gasteiger partial charge on any atom is -0.395 e. The largest absolute Gasteiger partial charge is 0.395 e. The number of carbonyl (C=O) groups excluding carboxylic acids is 1. The van der Waals surface area contributed by atoms with Crippen molar-refractivity contribution in [3.63, 3.8) is 0 Å². The average molecular weight is 279 g/mol. The predicted molar refractivity (Wildman–Crippen MR) is 81.4 cm³/mol.